The van der Waals surface area contributed by atoms with E-state index in [9.17, 15) is 18.8 Å². The van der Waals surface area contributed by atoms with E-state index in [-0.39, 0.29) is 42.7 Å². The minimum Gasteiger partial charge on any atom is -0.496 e. The van der Waals surface area contributed by atoms with Gasteiger partial charge in [-0.15, -0.1) is 0 Å². The Kier molecular flexibility index (Phi) is 9.10. The van der Waals surface area contributed by atoms with Crippen molar-refractivity contribution in [1.82, 2.24) is 9.80 Å². The molecule has 0 aliphatic heterocycles. The molecule has 0 saturated carbocycles. The third-order valence-corrected chi connectivity index (χ3v) is 6.48. The number of carbonyl (C=O) groups excluding carboxylic acids is 2. The fraction of sp³-hybridized carbons (Fsp3) is 0.258. The molecule has 2 amide bonds. The van der Waals surface area contributed by atoms with Crippen LogP contribution in [0, 0.1) is 5.82 Å². The molecule has 4 aromatic rings. The van der Waals surface area contributed by atoms with Crippen molar-refractivity contribution < 1.29 is 23.1 Å². The van der Waals surface area contributed by atoms with Gasteiger partial charge in [-0.05, 0) is 48.4 Å². The van der Waals surface area contributed by atoms with Crippen LogP contribution >= 0.6 is 0 Å². The highest BCUT2D eigenvalue weighted by molar-refractivity contribution is 5.98. The maximum absolute atomic E-state index is 13.8. The standard InChI is InChI=1S/C31H31FN2O5/c1-3-4-17-33(31(37)26-10-6-7-11-27(26)38-2)20-29(35)34(18-22-13-15-24(32)16-14-22)19-23-21-39-28-12-8-5-9-25(28)30(23)36/h5-16,21H,3-4,17-20H2,1-2H3. The molecule has 7 nitrogen and oxygen atoms in total. The molecule has 0 N–H and O–H groups in total. The molecule has 0 aliphatic rings. The number of ether oxygens (including phenoxy) is 1. The van der Waals surface area contributed by atoms with Crippen LogP contribution in [0.1, 0.15) is 41.3 Å². The first-order valence-electron chi connectivity index (χ1n) is 12.8. The van der Waals surface area contributed by atoms with E-state index in [0.717, 1.165) is 6.42 Å². The van der Waals surface area contributed by atoms with Crippen LogP contribution in [0.5, 0.6) is 5.75 Å². The number of hydrogen-bond donors (Lipinski definition) is 0. The average molecular weight is 531 g/mol. The minimum atomic E-state index is -0.389. The van der Waals surface area contributed by atoms with Crippen molar-refractivity contribution in [2.24, 2.45) is 0 Å². The van der Waals surface area contributed by atoms with E-state index in [2.05, 4.69) is 0 Å². The fourth-order valence-corrected chi connectivity index (χ4v) is 4.33. The molecule has 202 valence electrons. The number of hydrogen-bond acceptors (Lipinski definition) is 5. The van der Waals surface area contributed by atoms with Gasteiger partial charge in [0.1, 0.15) is 23.7 Å². The molecule has 1 aromatic heterocycles. The molecule has 0 saturated heterocycles. The Labute approximate surface area is 226 Å². The van der Waals surface area contributed by atoms with Gasteiger partial charge in [-0.3, -0.25) is 14.4 Å². The number of nitrogens with zero attached hydrogens (tertiary/aromatic N) is 2. The predicted octanol–water partition coefficient (Wildman–Crippen LogP) is 5.41. The van der Waals surface area contributed by atoms with Crippen molar-refractivity contribution in [2.75, 3.05) is 20.2 Å². The molecular weight excluding hydrogens is 499 g/mol. The summed E-state index contributed by atoms with van der Waals surface area (Å²) in [5, 5.41) is 0.417. The van der Waals surface area contributed by atoms with Gasteiger partial charge in [-0.1, -0.05) is 49.7 Å². The summed E-state index contributed by atoms with van der Waals surface area (Å²) in [6.45, 7) is 2.27. The highest BCUT2D eigenvalue weighted by atomic mass is 19.1. The summed E-state index contributed by atoms with van der Waals surface area (Å²) in [7, 11) is 1.49. The van der Waals surface area contributed by atoms with Crippen LogP contribution in [0.15, 0.2) is 88.3 Å². The number of unbranched alkanes of at least 4 members (excludes halogenated alkanes) is 1. The van der Waals surface area contributed by atoms with Gasteiger partial charge in [0.2, 0.25) is 5.91 Å². The Hall–Kier alpha value is -4.46. The molecule has 8 heteroatoms. The number of para-hydroxylation sites is 2. The Morgan fingerprint density at radius 2 is 1.64 bits per heavy atom. The smallest absolute Gasteiger partial charge is 0.258 e. The lowest BCUT2D eigenvalue weighted by Crippen LogP contribution is -2.43. The third kappa shape index (κ3) is 6.71. The molecule has 39 heavy (non-hydrogen) atoms. The first kappa shape index (κ1) is 27.6. The van der Waals surface area contributed by atoms with Gasteiger partial charge in [0.25, 0.3) is 5.91 Å². The summed E-state index contributed by atoms with van der Waals surface area (Å²) in [6, 6.07) is 19.6. The second-order valence-corrected chi connectivity index (χ2v) is 9.24. The lowest BCUT2D eigenvalue weighted by atomic mass is 10.1. The van der Waals surface area contributed by atoms with Gasteiger partial charge < -0.3 is 19.0 Å². The van der Waals surface area contributed by atoms with Gasteiger partial charge in [-0.25, -0.2) is 4.39 Å². The molecule has 4 rings (SSSR count). The van der Waals surface area contributed by atoms with Crippen LogP contribution in [0.4, 0.5) is 4.39 Å². The molecule has 0 radical (unpaired) electrons. The molecule has 0 unspecified atom stereocenters. The Balaban J connectivity index is 1.64. The Bertz CT molecular complexity index is 1500. The second-order valence-electron chi connectivity index (χ2n) is 9.24. The monoisotopic (exact) mass is 530 g/mol. The van der Waals surface area contributed by atoms with Crippen molar-refractivity contribution in [1.29, 1.82) is 0 Å². The van der Waals surface area contributed by atoms with E-state index < -0.39 is 0 Å². The molecular formula is C31H31FN2O5. The number of carbonyl (C=O) groups is 2. The van der Waals surface area contributed by atoms with Crippen LogP contribution in [0.3, 0.4) is 0 Å². The largest absolute Gasteiger partial charge is 0.496 e. The zero-order valence-electron chi connectivity index (χ0n) is 22.1. The first-order valence-corrected chi connectivity index (χ1v) is 12.8. The number of rotatable bonds is 11. The number of fused-ring (bicyclic) bond motifs is 1. The van der Waals surface area contributed by atoms with Crippen molar-refractivity contribution in [2.45, 2.75) is 32.9 Å². The maximum atomic E-state index is 13.8. The Morgan fingerprint density at radius 1 is 0.923 bits per heavy atom. The van der Waals surface area contributed by atoms with Gasteiger partial charge in [0.15, 0.2) is 5.43 Å². The van der Waals surface area contributed by atoms with Crippen LogP contribution in [-0.4, -0.2) is 41.8 Å². The summed E-state index contributed by atoms with van der Waals surface area (Å²) < 4.78 is 24.6. The van der Waals surface area contributed by atoms with Gasteiger partial charge >= 0.3 is 0 Å². The highest BCUT2D eigenvalue weighted by Gasteiger charge is 2.25. The fourth-order valence-electron chi connectivity index (χ4n) is 4.33. The van der Waals surface area contributed by atoms with Crippen molar-refractivity contribution in [3.8, 4) is 5.75 Å². The quantitative estimate of drug-likeness (QED) is 0.259. The predicted molar refractivity (Wildman–Crippen MR) is 147 cm³/mol. The summed E-state index contributed by atoms with van der Waals surface area (Å²) >= 11 is 0. The molecule has 0 bridgehead atoms. The number of methoxy groups -OCH3 is 1. The molecule has 0 aliphatic carbocycles. The van der Waals surface area contributed by atoms with Crippen LogP contribution in [0.2, 0.25) is 0 Å². The van der Waals surface area contributed by atoms with Crippen LogP contribution < -0.4 is 10.2 Å². The van der Waals surface area contributed by atoms with E-state index in [4.69, 9.17) is 9.15 Å². The van der Waals surface area contributed by atoms with Gasteiger partial charge in [0.05, 0.1) is 36.4 Å². The third-order valence-electron chi connectivity index (χ3n) is 6.48. The zero-order valence-corrected chi connectivity index (χ0v) is 22.1. The average Bonchev–Trinajstić information content (AvgIpc) is 2.96. The van der Waals surface area contributed by atoms with E-state index >= 15 is 0 Å². The molecule has 1 heterocycles. The van der Waals surface area contributed by atoms with Crippen LogP contribution in [-0.2, 0) is 17.9 Å². The lowest BCUT2D eigenvalue weighted by molar-refractivity contribution is -0.133. The van der Waals surface area contributed by atoms with Gasteiger partial charge in [0, 0.05) is 13.1 Å². The van der Waals surface area contributed by atoms with Crippen molar-refractivity contribution in [3.05, 3.63) is 112 Å². The van der Waals surface area contributed by atoms with Crippen molar-refractivity contribution >= 4 is 22.8 Å². The van der Waals surface area contributed by atoms with Gasteiger partial charge in [-0.2, -0.15) is 0 Å². The minimum absolute atomic E-state index is 0.0339. The number of halogens is 1. The van der Waals surface area contributed by atoms with E-state index in [0.29, 0.717) is 46.4 Å². The molecule has 0 fully saturated rings. The number of benzene rings is 3. The van der Waals surface area contributed by atoms with E-state index in [1.807, 2.05) is 6.92 Å². The molecule has 0 spiro atoms. The highest BCUT2D eigenvalue weighted by Crippen LogP contribution is 2.20. The molecule has 3 aromatic carbocycles. The maximum Gasteiger partial charge on any atom is 0.258 e. The first-order chi connectivity index (χ1) is 18.9. The van der Waals surface area contributed by atoms with Crippen LogP contribution in [0.25, 0.3) is 11.0 Å². The second kappa shape index (κ2) is 12.9. The van der Waals surface area contributed by atoms with E-state index in [1.165, 1.54) is 35.3 Å². The zero-order chi connectivity index (χ0) is 27.8. The lowest BCUT2D eigenvalue weighted by Gasteiger charge is -2.28. The van der Waals surface area contributed by atoms with Crippen molar-refractivity contribution in [3.63, 3.8) is 0 Å². The SMILES string of the molecule is CCCCN(CC(=O)N(Cc1ccc(F)cc1)Cc1coc2ccccc2c1=O)C(=O)c1ccccc1OC. The Morgan fingerprint density at radius 3 is 2.38 bits per heavy atom. The van der Waals surface area contributed by atoms with E-state index in [1.54, 1.807) is 60.7 Å². The molecule has 0 atom stereocenters. The number of amides is 2. The summed E-state index contributed by atoms with van der Waals surface area (Å²) in [4.78, 5) is 43.4. The normalized spacial score (nSPS) is 10.8. The summed E-state index contributed by atoms with van der Waals surface area (Å²) in [5.74, 6) is -0.638. The summed E-state index contributed by atoms with van der Waals surface area (Å²) in [5.41, 5.74) is 1.58. The topological polar surface area (TPSA) is 80.1 Å². The summed E-state index contributed by atoms with van der Waals surface area (Å²) in [6.07, 6.45) is 2.91.